The molecule has 0 atom stereocenters. The molecule has 1 aromatic heterocycles. The van der Waals surface area contributed by atoms with Crippen molar-refractivity contribution in [2.45, 2.75) is 24.2 Å². The first-order valence-corrected chi connectivity index (χ1v) is 10.8. The molecular weight excluding hydrogens is 375 g/mol. The molecule has 0 unspecified atom stereocenters. The maximum Gasteiger partial charge on any atom is 0.243 e. The van der Waals surface area contributed by atoms with Crippen molar-refractivity contribution in [3.05, 3.63) is 52.5 Å². The molecule has 0 saturated carbocycles. The zero-order valence-corrected chi connectivity index (χ0v) is 15.9. The van der Waals surface area contributed by atoms with Gasteiger partial charge in [-0.2, -0.15) is 4.31 Å². The lowest BCUT2D eigenvalue weighted by Crippen LogP contribution is -2.50. The van der Waals surface area contributed by atoms with Crippen LogP contribution in [0.3, 0.4) is 0 Å². The molecule has 1 aromatic carbocycles. The van der Waals surface area contributed by atoms with Crippen molar-refractivity contribution < 1.29 is 17.6 Å². The smallest absolute Gasteiger partial charge is 0.243 e. The van der Waals surface area contributed by atoms with Crippen molar-refractivity contribution in [1.29, 1.82) is 0 Å². The van der Waals surface area contributed by atoms with E-state index < -0.39 is 15.8 Å². The van der Waals surface area contributed by atoms with Gasteiger partial charge in [0.25, 0.3) is 0 Å². The Hall–Kier alpha value is -1.77. The topological polar surface area (TPSA) is 57.7 Å². The van der Waals surface area contributed by atoms with Crippen LogP contribution in [0, 0.1) is 5.82 Å². The Labute approximate surface area is 157 Å². The number of nitrogens with zero attached hydrogens (tertiary/aromatic N) is 2. The number of carbonyl (C=O) groups excluding carboxylic acids is 1. The molecule has 26 heavy (non-hydrogen) atoms. The van der Waals surface area contributed by atoms with Crippen LogP contribution in [-0.4, -0.2) is 49.7 Å². The normalized spacial score (nSPS) is 16.0. The molecule has 0 bridgehead atoms. The highest BCUT2D eigenvalue weighted by Crippen LogP contribution is 2.19. The summed E-state index contributed by atoms with van der Waals surface area (Å²) >= 11 is 1.69. The number of piperazine rings is 1. The summed E-state index contributed by atoms with van der Waals surface area (Å²) in [6.07, 6.45) is 2.15. The van der Waals surface area contributed by atoms with Crippen LogP contribution in [-0.2, 0) is 21.2 Å². The summed E-state index contributed by atoms with van der Waals surface area (Å²) in [4.78, 5) is 15.2. The van der Waals surface area contributed by atoms with Gasteiger partial charge in [0, 0.05) is 37.5 Å². The Morgan fingerprint density at radius 3 is 2.54 bits per heavy atom. The van der Waals surface area contributed by atoms with E-state index in [4.69, 9.17) is 0 Å². The van der Waals surface area contributed by atoms with Crippen molar-refractivity contribution in [3.63, 3.8) is 0 Å². The van der Waals surface area contributed by atoms with E-state index in [0.29, 0.717) is 19.5 Å². The molecule has 1 fully saturated rings. The average molecular weight is 397 g/mol. The zero-order chi connectivity index (χ0) is 18.6. The molecule has 1 amide bonds. The lowest BCUT2D eigenvalue weighted by atomic mass is 10.2. The molecule has 2 heterocycles. The summed E-state index contributed by atoms with van der Waals surface area (Å²) in [7, 11) is -3.72. The van der Waals surface area contributed by atoms with Gasteiger partial charge in [-0.15, -0.1) is 11.3 Å². The van der Waals surface area contributed by atoms with Crippen LogP contribution in [0.5, 0.6) is 0 Å². The first kappa shape index (κ1) is 19.0. The van der Waals surface area contributed by atoms with Gasteiger partial charge in [-0.1, -0.05) is 12.1 Å². The van der Waals surface area contributed by atoms with Crippen LogP contribution in [0.2, 0.25) is 0 Å². The fourth-order valence-corrected chi connectivity index (χ4v) is 5.19. The molecule has 3 rings (SSSR count). The fourth-order valence-electron chi connectivity index (χ4n) is 2.98. The van der Waals surface area contributed by atoms with Crippen LogP contribution in [0.15, 0.2) is 46.7 Å². The average Bonchev–Trinajstić information content (AvgIpc) is 3.15. The van der Waals surface area contributed by atoms with Crippen LogP contribution >= 0.6 is 11.3 Å². The lowest BCUT2D eigenvalue weighted by molar-refractivity contribution is -0.132. The number of halogens is 1. The molecule has 2 aromatic rings. The van der Waals surface area contributed by atoms with Gasteiger partial charge < -0.3 is 4.90 Å². The maximum absolute atomic E-state index is 13.3. The minimum Gasteiger partial charge on any atom is -0.340 e. The molecule has 1 saturated heterocycles. The zero-order valence-electron chi connectivity index (χ0n) is 14.3. The summed E-state index contributed by atoms with van der Waals surface area (Å²) in [6, 6.07) is 9.07. The quantitative estimate of drug-likeness (QED) is 0.754. The lowest BCUT2D eigenvalue weighted by Gasteiger charge is -2.34. The number of aryl methyl sites for hydroxylation is 1. The minimum absolute atomic E-state index is 0.0479. The Balaban J connectivity index is 1.51. The number of carbonyl (C=O) groups is 1. The highest BCUT2D eigenvalue weighted by atomic mass is 32.2. The summed E-state index contributed by atoms with van der Waals surface area (Å²) in [5.41, 5.74) is 0. The molecule has 0 spiro atoms. The second kappa shape index (κ2) is 8.28. The van der Waals surface area contributed by atoms with Gasteiger partial charge in [0.1, 0.15) is 5.82 Å². The number of sulfonamides is 1. The van der Waals surface area contributed by atoms with Crippen LogP contribution in [0.4, 0.5) is 4.39 Å². The molecule has 0 N–H and O–H groups in total. The van der Waals surface area contributed by atoms with Gasteiger partial charge in [0.15, 0.2) is 0 Å². The van der Waals surface area contributed by atoms with Gasteiger partial charge in [0.05, 0.1) is 4.90 Å². The van der Waals surface area contributed by atoms with E-state index in [2.05, 4.69) is 6.07 Å². The maximum atomic E-state index is 13.3. The number of hydrogen-bond acceptors (Lipinski definition) is 4. The second-order valence-corrected chi connectivity index (χ2v) is 9.15. The summed E-state index contributed by atoms with van der Waals surface area (Å²) in [5.74, 6) is -0.519. The third kappa shape index (κ3) is 4.49. The number of rotatable bonds is 6. The third-order valence-corrected chi connectivity index (χ3v) is 7.25. The van der Waals surface area contributed by atoms with Crippen molar-refractivity contribution in [1.82, 2.24) is 9.21 Å². The van der Waals surface area contributed by atoms with E-state index in [-0.39, 0.29) is 23.9 Å². The highest BCUT2D eigenvalue weighted by Gasteiger charge is 2.30. The predicted octanol–water partition coefficient (Wildman–Crippen LogP) is 2.74. The van der Waals surface area contributed by atoms with Gasteiger partial charge >= 0.3 is 0 Å². The van der Waals surface area contributed by atoms with E-state index in [1.54, 1.807) is 16.2 Å². The molecule has 8 heteroatoms. The Kier molecular flexibility index (Phi) is 6.05. The van der Waals surface area contributed by atoms with Gasteiger partial charge in [0.2, 0.25) is 15.9 Å². The Morgan fingerprint density at radius 1 is 1.12 bits per heavy atom. The monoisotopic (exact) mass is 396 g/mol. The minimum atomic E-state index is -3.72. The largest absolute Gasteiger partial charge is 0.340 e. The summed E-state index contributed by atoms with van der Waals surface area (Å²) in [5, 5.41) is 2.02. The first-order valence-electron chi connectivity index (χ1n) is 8.53. The highest BCUT2D eigenvalue weighted by molar-refractivity contribution is 7.89. The summed E-state index contributed by atoms with van der Waals surface area (Å²) in [6.45, 7) is 1.20. The number of thiophene rings is 1. The van der Waals surface area contributed by atoms with Crippen LogP contribution in [0.1, 0.15) is 17.7 Å². The molecule has 5 nitrogen and oxygen atoms in total. The Bertz CT molecular complexity index is 845. The van der Waals surface area contributed by atoms with Crippen molar-refractivity contribution in [3.8, 4) is 0 Å². The van der Waals surface area contributed by atoms with E-state index in [9.17, 15) is 17.6 Å². The van der Waals surface area contributed by atoms with Crippen LogP contribution in [0.25, 0.3) is 0 Å². The van der Waals surface area contributed by atoms with Crippen molar-refractivity contribution >= 4 is 27.3 Å². The molecule has 0 radical (unpaired) electrons. The van der Waals surface area contributed by atoms with E-state index in [0.717, 1.165) is 18.9 Å². The molecule has 0 aliphatic carbocycles. The molecule has 1 aliphatic rings. The van der Waals surface area contributed by atoms with E-state index in [1.807, 2.05) is 11.4 Å². The Morgan fingerprint density at radius 2 is 1.88 bits per heavy atom. The number of amides is 1. The first-order chi connectivity index (χ1) is 12.5. The van der Waals surface area contributed by atoms with Gasteiger partial charge in [-0.25, -0.2) is 12.8 Å². The van der Waals surface area contributed by atoms with Crippen LogP contribution < -0.4 is 0 Å². The van der Waals surface area contributed by atoms with E-state index >= 15 is 0 Å². The summed E-state index contributed by atoms with van der Waals surface area (Å²) < 4.78 is 39.8. The van der Waals surface area contributed by atoms with Gasteiger partial charge in [-0.05, 0) is 42.5 Å². The molecule has 1 aliphatic heterocycles. The second-order valence-electron chi connectivity index (χ2n) is 6.18. The van der Waals surface area contributed by atoms with Crippen molar-refractivity contribution in [2.75, 3.05) is 26.2 Å². The predicted molar refractivity (Wildman–Crippen MR) is 99.0 cm³/mol. The SMILES string of the molecule is O=C(CCCc1cccs1)N1CCN(S(=O)(=O)c2cccc(F)c2)CC1. The number of benzene rings is 1. The van der Waals surface area contributed by atoms with Crippen molar-refractivity contribution in [2.24, 2.45) is 0 Å². The molecule has 140 valence electrons. The fraction of sp³-hybridized carbons (Fsp3) is 0.389. The number of hydrogen-bond donors (Lipinski definition) is 0. The third-order valence-electron chi connectivity index (χ3n) is 4.42. The molecular formula is C18H21FN2O3S2. The van der Waals surface area contributed by atoms with E-state index in [1.165, 1.54) is 27.4 Å². The van der Waals surface area contributed by atoms with Gasteiger partial charge in [-0.3, -0.25) is 4.79 Å². The standard InChI is InChI=1S/C18H21FN2O3S2/c19-15-4-1-7-17(14-15)26(23,24)21-11-9-20(10-12-21)18(22)8-2-5-16-6-3-13-25-16/h1,3-4,6-7,13-14H,2,5,8-12H2.